The molecule has 0 unspecified atom stereocenters. The van der Waals surface area contributed by atoms with Crippen LogP contribution in [0.15, 0.2) is 35.1 Å². The van der Waals surface area contributed by atoms with Crippen LogP contribution in [0.5, 0.6) is 0 Å². The molecule has 0 atom stereocenters. The Morgan fingerprint density at radius 1 is 1.22 bits per heavy atom. The molecule has 27 heavy (non-hydrogen) atoms. The number of benzene rings is 1. The van der Waals surface area contributed by atoms with Gasteiger partial charge in [-0.1, -0.05) is 43.7 Å². The van der Waals surface area contributed by atoms with Crippen molar-refractivity contribution in [2.75, 3.05) is 31.6 Å². The predicted molar refractivity (Wildman–Crippen MR) is 108 cm³/mol. The molecule has 2 N–H and O–H groups in total. The first-order valence-electron chi connectivity index (χ1n) is 9.96. The molecule has 0 amide bonds. The van der Waals surface area contributed by atoms with Gasteiger partial charge in [0.15, 0.2) is 0 Å². The predicted octanol–water partition coefficient (Wildman–Crippen LogP) is 2.95. The maximum absolute atomic E-state index is 12.5. The molecule has 1 aliphatic rings. The summed E-state index contributed by atoms with van der Waals surface area (Å²) in [6.07, 6.45) is 3.96. The zero-order valence-corrected chi connectivity index (χ0v) is 16.2. The van der Waals surface area contributed by atoms with Crippen LogP contribution in [0.1, 0.15) is 43.0 Å². The Hall–Kier alpha value is -2.18. The molecule has 6 nitrogen and oxygen atoms in total. The molecule has 0 fully saturated rings. The number of hydrogen-bond acceptors (Lipinski definition) is 5. The quantitative estimate of drug-likeness (QED) is 0.629. The fraction of sp³-hybridized carbons (Fsp3) is 0.524. The maximum Gasteiger partial charge on any atom is 0.257 e. The van der Waals surface area contributed by atoms with E-state index in [9.17, 15) is 4.79 Å². The maximum atomic E-state index is 12.5. The Balaban J connectivity index is 1.51. The molecule has 0 saturated heterocycles. The van der Waals surface area contributed by atoms with E-state index in [1.54, 1.807) is 0 Å². The van der Waals surface area contributed by atoms with E-state index in [2.05, 4.69) is 39.2 Å². The van der Waals surface area contributed by atoms with Crippen LogP contribution in [-0.2, 0) is 24.2 Å². The SMILES string of the molecule is CCCCOCCCNc1nc2c(c(=O)[nH]1)CN(Cc1ccccc1)CC2. The highest BCUT2D eigenvalue weighted by Crippen LogP contribution is 2.17. The molecule has 6 heteroatoms. The molecule has 0 bridgehead atoms. The van der Waals surface area contributed by atoms with Crippen molar-refractivity contribution in [3.63, 3.8) is 0 Å². The second-order valence-electron chi connectivity index (χ2n) is 7.03. The van der Waals surface area contributed by atoms with Crippen molar-refractivity contribution in [2.24, 2.45) is 0 Å². The van der Waals surface area contributed by atoms with E-state index in [1.165, 1.54) is 5.56 Å². The van der Waals surface area contributed by atoms with Crippen LogP contribution in [0.25, 0.3) is 0 Å². The van der Waals surface area contributed by atoms with Crippen LogP contribution in [-0.4, -0.2) is 41.2 Å². The van der Waals surface area contributed by atoms with Crippen molar-refractivity contribution < 1.29 is 4.74 Å². The molecule has 1 aromatic carbocycles. The van der Waals surface area contributed by atoms with Gasteiger partial charge in [0.1, 0.15) is 0 Å². The van der Waals surface area contributed by atoms with Gasteiger partial charge in [-0.2, -0.15) is 0 Å². The number of nitrogens with one attached hydrogen (secondary N) is 2. The number of nitrogens with zero attached hydrogens (tertiary/aromatic N) is 2. The molecule has 2 heterocycles. The van der Waals surface area contributed by atoms with E-state index >= 15 is 0 Å². The number of hydrogen-bond donors (Lipinski definition) is 2. The fourth-order valence-electron chi connectivity index (χ4n) is 3.27. The smallest absolute Gasteiger partial charge is 0.257 e. The molecular weight excluding hydrogens is 340 g/mol. The third kappa shape index (κ3) is 5.91. The molecule has 3 rings (SSSR count). The summed E-state index contributed by atoms with van der Waals surface area (Å²) < 4.78 is 5.55. The van der Waals surface area contributed by atoms with E-state index in [0.29, 0.717) is 12.5 Å². The minimum Gasteiger partial charge on any atom is -0.381 e. The van der Waals surface area contributed by atoms with Crippen molar-refractivity contribution in [3.05, 3.63) is 57.5 Å². The van der Waals surface area contributed by atoms with Crippen LogP contribution in [0, 0.1) is 0 Å². The minimum absolute atomic E-state index is 0.0283. The number of fused-ring (bicyclic) bond motifs is 1. The van der Waals surface area contributed by atoms with Gasteiger partial charge in [0.2, 0.25) is 5.95 Å². The van der Waals surface area contributed by atoms with E-state index in [0.717, 1.165) is 69.8 Å². The van der Waals surface area contributed by atoms with Gasteiger partial charge in [0.05, 0.1) is 11.3 Å². The van der Waals surface area contributed by atoms with Gasteiger partial charge in [-0.05, 0) is 18.4 Å². The summed E-state index contributed by atoms with van der Waals surface area (Å²) >= 11 is 0. The van der Waals surface area contributed by atoms with Gasteiger partial charge in [-0.3, -0.25) is 14.7 Å². The minimum atomic E-state index is -0.0283. The standard InChI is InChI=1S/C21H30N4O2/c1-2-3-13-27-14-7-11-22-21-23-19-10-12-25(16-18(19)20(26)24-21)15-17-8-5-4-6-9-17/h4-6,8-9H,2-3,7,10-16H2,1H3,(H2,22,23,24,26). The highest BCUT2D eigenvalue weighted by molar-refractivity contribution is 5.31. The molecular formula is C21H30N4O2. The van der Waals surface area contributed by atoms with Gasteiger partial charge >= 0.3 is 0 Å². The van der Waals surface area contributed by atoms with E-state index in [-0.39, 0.29) is 5.56 Å². The summed E-state index contributed by atoms with van der Waals surface area (Å²) in [6.45, 7) is 6.89. The molecule has 0 spiro atoms. The third-order valence-corrected chi connectivity index (χ3v) is 4.80. The van der Waals surface area contributed by atoms with E-state index in [4.69, 9.17) is 4.74 Å². The summed E-state index contributed by atoms with van der Waals surface area (Å²) in [4.78, 5) is 22.3. The summed E-state index contributed by atoms with van der Waals surface area (Å²) in [5.74, 6) is 0.573. The number of unbranched alkanes of at least 4 members (excludes halogenated alkanes) is 1. The first-order valence-corrected chi connectivity index (χ1v) is 9.96. The molecule has 2 aromatic rings. The van der Waals surface area contributed by atoms with E-state index in [1.807, 2.05) is 18.2 Å². The Morgan fingerprint density at radius 3 is 2.85 bits per heavy atom. The second kappa shape index (κ2) is 10.2. The number of ether oxygens (including phenoxy) is 1. The third-order valence-electron chi connectivity index (χ3n) is 4.80. The zero-order chi connectivity index (χ0) is 18.9. The van der Waals surface area contributed by atoms with Crippen LogP contribution in [0.3, 0.4) is 0 Å². The summed E-state index contributed by atoms with van der Waals surface area (Å²) in [6, 6.07) is 10.4. The van der Waals surface area contributed by atoms with Crippen molar-refractivity contribution in [1.82, 2.24) is 14.9 Å². The lowest BCUT2D eigenvalue weighted by Gasteiger charge is -2.27. The molecule has 1 aliphatic heterocycles. The monoisotopic (exact) mass is 370 g/mol. The summed E-state index contributed by atoms with van der Waals surface area (Å²) in [5.41, 5.74) is 2.96. The van der Waals surface area contributed by atoms with Gasteiger partial charge < -0.3 is 10.1 Å². The first-order chi connectivity index (χ1) is 13.3. The number of anilines is 1. The number of aromatic amines is 1. The van der Waals surface area contributed by atoms with Gasteiger partial charge in [-0.15, -0.1) is 0 Å². The molecule has 0 saturated carbocycles. The fourth-order valence-corrected chi connectivity index (χ4v) is 3.27. The number of H-pyrrole nitrogens is 1. The van der Waals surface area contributed by atoms with Crippen LogP contribution < -0.4 is 10.9 Å². The zero-order valence-electron chi connectivity index (χ0n) is 16.2. The Kier molecular flexibility index (Phi) is 7.42. The second-order valence-corrected chi connectivity index (χ2v) is 7.03. The topological polar surface area (TPSA) is 70.2 Å². The Morgan fingerprint density at radius 2 is 2.04 bits per heavy atom. The lowest BCUT2D eigenvalue weighted by Crippen LogP contribution is -2.35. The van der Waals surface area contributed by atoms with E-state index < -0.39 is 0 Å². The van der Waals surface area contributed by atoms with Crippen molar-refractivity contribution in [3.8, 4) is 0 Å². The van der Waals surface area contributed by atoms with Gasteiger partial charge in [-0.25, -0.2) is 4.98 Å². The largest absolute Gasteiger partial charge is 0.381 e. The molecule has 146 valence electrons. The van der Waals surface area contributed by atoms with Crippen LogP contribution >= 0.6 is 0 Å². The van der Waals surface area contributed by atoms with Gasteiger partial charge in [0, 0.05) is 45.8 Å². The lowest BCUT2D eigenvalue weighted by atomic mass is 10.1. The van der Waals surface area contributed by atoms with Crippen LogP contribution in [0.4, 0.5) is 5.95 Å². The number of aromatic nitrogens is 2. The Bertz CT molecular complexity index is 761. The first kappa shape index (κ1) is 19.6. The summed E-state index contributed by atoms with van der Waals surface area (Å²) in [5, 5.41) is 3.22. The number of rotatable bonds is 10. The summed E-state index contributed by atoms with van der Waals surface area (Å²) in [7, 11) is 0. The van der Waals surface area contributed by atoms with Crippen LogP contribution in [0.2, 0.25) is 0 Å². The highest BCUT2D eigenvalue weighted by Gasteiger charge is 2.21. The lowest BCUT2D eigenvalue weighted by molar-refractivity contribution is 0.131. The normalized spacial score (nSPS) is 14.1. The molecule has 0 radical (unpaired) electrons. The van der Waals surface area contributed by atoms with Gasteiger partial charge in [0.25, 0.3) is 5.56 Å². The van der Waals surface area contributed by atoms with Crippen molar-refractivity contribution >= 4 is 5.95 Å². The average Bonchev–Trinajstić information content (AvgIpc) is 2.69. The molecule has 0 aliphatic carbocycles. The van der Waals surface area contributed by atoms with Crippen molar-refractivity contribution in [2.45, 2.75) is 45.7 Å². The Labute approximate surface area is 161 Å². The highest BCUT2D eigenvalue weighted by atomic mass is 16.5. The molecule has 1 aromatic heterocycles. The average molecular weight is 370 g/mol. The van der Waals surface area contributed by atoms with Crippen molar-refractivity contribution in [1.29, 1.82) is 0 Å².